The van der Waals surface area contributed by atoms with Crippen molar-refractivity contribution in [2.75, 3.05) is 31.1 Å². The normalized spacial score (nSPS) is 16.8. The van der Waals surface area contributed by atoms with Crippen LogP contribution in [0, 0.1) is 18.1 Å². The maximum atomic E-state index is 12.4. The molecule has 0 atom stereocenters. The zero-order valence-electron chi connectivity index (χ0n) is 7.18. The number of aromatic nitrogens is 1. The molecule has 0 unspecified atom stereocenters. The topological polar surface area (TPSA) is 28.2 Å². The van der Waals surface area contributed by atoms with Crippen LogP contribution in [0.4, 0.5) is 10.1 Å². The Bertz CT molecular complexity index is 267. The molecule has 1 aromatic rings. The fourth-order valence-corrected chi connectivity index (χ4v) is 1.36. The molecule has 1 aliphatic heterocycles. The zero-order chi connectivity index (χ0) is 9.10. The largest absolute Gasteiger partial charge is 0.361 e. The lowest BCUT2D eigenvalue weighted by molar-refractivity contribution is 0.576. The summed E-state index contributed by atoms with van der Waals surface area (Å²) in [5, 5.41) is 3.24. The van der Waals surface area contributed by atoms with Crippen LogP contribution in [0.1, 0.15) is 0 Å². The molecule has 0 aromatic carbocycles. The van der Waals surface area contributed by atoms with Crippen LogP contribution < -0.4 is 10.2 Å². The molecule has 1 aliphatic rings. The number of nitrogens with zero attached hydrogens (tertiary/aromatic N) is 2. The van der Waals surface area contributed by atoms with Gasteiger partial charge in [0.2, 0.25) is 0 Å². The summed E-state index contributed by atoms with van der Waals surface area (Å²) in [6.45, 7) is 3.73. The van der Waals surface area contributed by atoms with E-state index in [4.69, 9.17) is 0 Å². The van der Waals surface area contributed by atoms with Gasteiger partial charge in [-0.2, -0.15) is 4.39 Å². The molecular formula is C9H10FN3. The minimum Gasteiger partial charge on any atom is -0.361 e. The van der Waals surface area contributed by atoms with Crippen molar-refractivity contribution in [2.24, 2.45) is 0 Å². The molecule has 0 saturated carbocycles. The Hall–Kier alpha value is -1.34. The Morgan fingerprint density at radius 1 is 1.38 bits per heavy atom. The SMILES string of the molecule is Fc1c#cc(N2CCNCC2)cn1. The highest BCUT2D eigenvalue weighted by Crippen LogP contribution is 2.08. The molecule has 4 heteroatoms. The van der Waals surface area contributed by atoms with E-state index in [1.165, 1.54) is 6.20 Å². The van der Waals surface area contributed by atoms with Crippen molar-refractivity contribution in [3.8, 4) is 0 Å². The first-order chi connectivity index (χ1) is 6.36. The van der Waals surface area contributed by atoms with Gasteiger partial charge >= 0.3 is 0 Å². The molecule has 0 radical (unpaired) electrons. The van der Waals surface area contributed by atoms with E-state index in [2.05, 4.69) is 27.3 Å². The summed E-state index contributed by atoms with van der Waals surface area (Å²) in [4.78, 5) is 5.65. The average Bonchev–Trinajstić information content (AvgIpc) is 2.20. The quantitative estimate of drug-likeness (QED) is 0.669. The zero-order valence-corrected chi connectivity index (χ0v) is 7.18. The number of piperazine rings is 1. The van der Waals surface area contributed by atoms with Crippen LogP contribution in [0.3, 0.4) is 0 Å². The van der Waals surface area contributed by atoms with Crippen LogP contribution in [0.15, 0.2) is 6.20 Å². The second-order valence-electron chi connectivity index (χ2n) is 2.92. The molecule has 1 N–H and O–H groups in total. The molecule has 3 nitrogen and oxygen atoms in total. The maximum Gasteiger partial charge on any atom is 0.265 e. The van der Waals surface area contributed by atoms with Gasteiger partial charge in [-0.15, -0.1) is 0 Å². The van der Waals surface area contributed by atoms with Crippen molar-refractivity contribution in [1.82, 2.24) is 10.3 Å². The molecule has 0 amide bonds. The summed E-state index contributed by atoms with van der Waals surface area (Å²) in [6.07, 6.45) is 1.50. The van der Waals surface area contributed by atoms with Crippen LogP contribution in [0.25, 0.3) is 0 Å². The Morgan fingerprint density at radius 2 is 2.15 bits per heavy atom. The van der Waals surface area contributed by atoms with Gasteiger partial charge in [-0.25, -0.2) is 4.98 Å². The van der Waals surface area contributed by atoms with Crippen molar-refractivity contribution in [2.45, 2.75) is 0 Å². The number of rotatable bonds is 1. The summed E-state index contributed by atoms with van der Waals surface area (Å²) in [7, 11) is 0. The number of nitrogens with one attached hydrogen (secondary N) is 1. The molecule has 13 heavy (non-hydrogen) atoms. The fraction of sp³-hybridized carbons (Fsp3) is 0.444. The van der Waals surface area contributed by atoms with Gasteiger partial charge in [-0.1, -0.05) is 0 Å². The summed E-state index contributed by atoms with van der Waals surface area (Å²) in [5.74, 6) is -0.598. The standard InChI is InChI=1S/C9H10FN3/c10-9-2-1-8(7-12-9)13-5-3-11-4-6-13/h7,11H,3-6H2. The number of anilines is 1. The van der Waals surface area contributed by atoms with Crippen molar-refractivity contribution >= 4 is 5.69 Å². The average molecular weight is 179 g/mol. The number of hydrogen-bond donors (Lipinski definition) is 1. The van der Waals surface area contributed by atoms with Crippen LogP contribution in [-0.2, 0) is 0 Å². The highest BCUT2D eigenvalue weighted by Gasteiger charge is 2.09. The smallest absolute Gasteiger partial charge is 0.265 e. The third-order valence-electron chi connectivity index (χ3n) is 2.05. The lowest BCUT2D eigenvalue weighted by atomic mass is 10.3. The van der Waals surface area contributed by atoms with E-state index in [-0.39, 0.29) is 0 Å². The van der Waals surface area contributed by atoms with Crippen LogP contribution in [0.2, 0.25) is 0 Å². The fourth-order valence-electron chi connectivity index (χ4n) is 1.36. The molecule has 2 heterocycles. The van der Waals surface area contributed by atoms with Crippen LogP contribution in [0.5, 0.6) is 0 Å². The molecule has 0 aliphatic carbocycles. The van der Waals surface area contributed by atoms with Crippen molar-refractivity contribution < 1.29 is 4.39 Å². The Labute approximate surface area is 76.6 Å². The first-order valence-electron chi connectivity index (χ1n) is 4.27. The number of hydrogen-bond acceptors (Lipinski definition) is 3. The van der Waals surface area contributed by atoms with E-state index in [0.29, 0.717) is 0 Å². The molecule has 2 rings (SSSR count). The first kappa shape index (κ1) is 8.27. The summed E-state index contributed by atoms with van der Waals surface area (Å²) >= 11 is 0. The maximum absolute atomic E-state index is 12.4. The van der Waals surface area contributed by atoms with E-state index in [0.717, 1.165) is 31.9 Å². The van der Waals surface area contributed by atoms with Crippen LogP contribution >= 0.6 is 0 Å². The molecular weight excluding hydrogens is 169 g/mol. The first-order valence-corrected chi connectivity index (χ1v) is 4.27. The van der Waals surface area contributed by atoms with Crippen molar-refractivity contribution in [3.05, 3.63) is 24.3 Å². The minimum atomic E-state index is -0.598. The van der Waals surface area contributed by atoms with E-state index < -0.39 is 5.95 Å². The highest BCUT2D eigenvalue weighted by atomic mass is 19.1. The Kier molecular flexibility index (Phi) is 2.28. The van der Waals surface area contributed by atoms with Gasteiger partial charge < -0.3 is 10.2 Å². The van der Waals surface area contributed by atoms with Gasteiger partial charge in [0.25, 0.3) is 5.95 Å². The van der Waals surface area contributed by atoms with E-state index in [9.17, 15) is 4.39 Å². The number of halogens is 1. The molecule has 68 valence electrons. The third kappa shape index (κ3) is 1.87. The van der Waals surface area contributed by atoms with Gasteiger partial charge in [0.1, 0.15) is 5.69 Å². The molecule has 1 fully saturated rings. The predicted octanol–water partition coefficient (Wildman–Crippen LogP) is 0.231. The van der Waals surface area contributed by atoms with Gasteiger partial charge in [0, 0.05) is 26.2 Å². The van der Waals surface area contributed by atoms with Crippen molar-refractivity contribution in [1.29, 1.82) is 0 Å². The molecule has 1 saturated heterocycles. The summed E-state index contributed by atoms with van der Waals surface area (Å²) in [5.41, 5.74) is 0.822. The highest BCUT2D eigenvalue weighted by molar-refractivity contribution is 5.40. The van der Waals surface area contributed by atoms with Crippen molar-refractivity contribution in [3.63, 3.8) is 0 Å². The second-order valence-corrected chi connectivity index (χ2v) is 2.92. The molecule has 0 bridgehead atoms. The van der Waals surface area contributed by atoms with Gasteiger partial charge in [0.15, 0.2) is 0 Å². The van der Waals surface area contributed by atoms with E-state index in [1.807, 2.05) is 0 Å². The molecule has 0 spiro atoms. The van der Waals surface area contributed by atoms with E-state index >= 15 is 0 Å². The monoisotopic (exact) mass is 179 g/mol. The summed E-state index contributed by atoms with van der Waals surface area (Å²) in [6, 6.07) is 5.07. The van der Waals surface area contributed by atoms with Gasteiger partial charge in [-0.3, -0.25) is 0 Å². The summed E-state index contributed by atoms with van der Waals surface area (Å²) < 4.78 is 12.4. The lowest BCUT2D eigenvalue weighted by Gasteiger charge is -2.27. The minimum absolute atomic E-state index is 0.598. The van der Waals surface area contributed by atoms with Gasteiger partial charge in [-0.05, 0) is 12.1 Å². The Morgan fingerprint density at radius 3 is 2.77 bits per heavy atom. The van der Waals surface area contributed by atoms with E-state index in [1.54, 1.807) is 0 Å². The lowest BCUT2D eigenvalue weighted by Crippen LogP contribution is -2.43. The van der Waals surface area contributed by atoms with Gasteiger partial charge in [0.05, 0.1) is 6.20 Å². The second kappa shape index (κ2) is 3.58. The third-order valence-corrected chi connectivity index (χ3v) is 2.05. The predicted molar refractivity (Wildman–Crippen MR) is 46.9 cm³/mol. The molecule has 1 aromatic heterocycles. The Balaban J connectivity index is 2.10. The van der Waals surface area contributed by atoms with Crippen LogP contribution in [-0.4, -0.2) is 31.2 Å².